The summed E-state index contributed by atoms with van der Waals surface area (Å²) in [5, 5.41) is 0. The maximum absolute atomic E-state index is 13.5. The summed E-state index contributed by atoms with van der Waals surface area (Å²) in [6, 6.07) is 6.70. The van der Waals surface area contributed by atoms with E-state index in [2.05, 4.69) is 12.2 Å². The first-order chi connectivity index (χ1) is 16.5. The van der Waals surface area contributed by atoms with Crippen LogP contribution in [0.1, 0.15) is 39.2 Å². The van der Waals surface area contributed by atoms with Crippen LogP contribution < -0.4 is 0 Å². The highest BCUT2D eigenvalue weighted by Crippen LogP contribution is 2.72. The summed E-state index contributed by atoms with van der Waals surface area (Å²) in [7, 11) is -4.02. The fraction of sp³-hybridized carbons (Fsp3) is 0.679. The highest BCUT2D eigenvalue weighted by atomic mass is 32.2. The molecule has 1 aromatic carbocycles. The van der Waals surface area contributed by atoms with E-state index in [4.69, 9.17) is 13.7 Å². The standard InChI is InChI=1S/C28H34O6S/c1-13-5-9-16(10-6-13)35(30,31)34-24-18-12-17(23(24)27(29)33-28(2,3)4)21-22(18)26-20-15-8-7-14(11-15)19(20)25(21)32-26/h5-10,14-15,17-26H,11-12H2,1-4H3. The van der Waals surface area contributed by atoms with Crippen molar-refractivity contribution in [3.63, 3.8) is 0 Å². The third-order valence-electron chi connectivity index (χ3n) is 9.86. The SMILES string of the molecule is Cc1ccc(S(=O)(=O)OC2C3CC(C2C(=O)OC(C)(C)C)C2C4OC(C5C6C=CC(C6)C45)C32)cc1. The predicted molar refractivity (Wildman–Crippen MR) is 128 cm³/mol. The summed E-state index contributed by atoms with van der Waals surface area (Å²) in [4.78, 5) is 13.7. The van der Waals surface area contributed by atoms with Gasteiger partial charge in [0, 0.05) is 0 Å². The van der Waals surface area contributed by atoms with Gasteiger partial charge >= 0.3 is 5.97 Å². The fourth-order valence-corrected chi connectivity index (χ4v) is 10.1. The minimum Gasteiger partial charge on any atom is -0.460 e. The Hall–Kier alpha value is -1.70. The van der Waals surface area contributed by atoms with Crippen LogP contribution in [0.5, 0.6) is 0 Å². The lowest BCUT2D eigenvalue weighted by molar-refractivity contribution is -0.168. The van der Waals surface area contributed by atoms with Crippen LogP contribution in [0.25, 0.3) is 0 Å². The number of hydrogen-bond acceptors (Lipinski definition) is 6. The quantitative estimate of drug-likeness (QED) is 0.353. The zero-order valence-electron chi connectivity index (χ0n) is 20.7. The zero-order valence-corrected chi connectivity index (χ0v) is 21.5. The fourth-order valence-electron chi connectivity index (χ4n) is 8.97. The molecule has 0 aromatic heterocycles. The van der Waals surface area contributed by atoms with E-state index in [-0.39, 0.29) is 40.8 Å². The molecule has 4 aliphatic carbocycles. The number of esters is 1. The Morgan fingerprint density at radius 2 is 1.51 bits per heavy atom. The molecule has 2 saturated heterocycles. The summed E-state index contributed by atoms with van der Waals surface area (Å²) in [6.45, 7) is 7.48. The summed E-state index contributed by atoms with van der Waals surface area (Å²) < 4.78 is 45.2. The molecule has 6 bridgehead atoms. The third kappa shape index (κ3) is 3.13. The summed E-state index contributed by atoms with van der Waals surface area (Å²) in [6.07, 6.45) is 6.39. The summed E-state index contributed by atoms with van der Waals surface area (Å²) in [5.74, 6) is 1.91. The summed E-state index contributed by atoms with van der Waals surface area (Å²) in [5.41, 5.74) is 0.330. The van der Waals surface area contributed by atoms with Crippen molar-refractivity contribution in [3.8, 4) is 0 Å². The van der Waals surface area contributed by atoms with Gasteiger partial charge in [0.15, 0.2) is 0 Å². The van der Waals surface area contributed by atoms with Crippen molar-refractivity contribution in [2.45, 2.75) is 69.3 Å². The number of carbonyl (C=O) groups is 1. The molecule has 0 radical (unpaired) electrons. The Kier molecular flexibility index (Phi) is 4.63. The van der Waals surface area contributed by atoms with E-state index in [1.807, 2.05) is 27.7 Å². The topological polar surface area (TPSA) is 78.9 Å². The van der Waals surface area contributed by atoms with Crippen molar-refractivity contribution >= 4 is 16.1 Å². The third-order valence-corrected chi connectivity index (χ3v) is 11.2. The maximum atomic E-state index is 13.5. The molecule has 188 valence electrons. The summed E-state index contributed by atoms with van der Waals surface area (Å²) >= 11 is 0. The van der Waals surface area contributed by atoms with Crippen LogP contribution in [-0.4, -0.2) is 38.3 Å². The molecular formula is C28H34O6S. The smallest absolute Gasteiger partial charge is 0.312 e. The molecule has 1 aromatic rings. The molecule has 7 rings (SSSR count). The number of aryl methyl sites for hydroxylation is 1. The molecule has 0 amide bonds. The van der Waals surface area contributed by atoms with Crippen molar-refractivity contribution in [2.75, 3.05) is 0 Å². The zero-order chi connectivity index (χ0) is 24.4. The van der Waals surface area contributed by atoms with Crippen LogP contribution >= 0.6 is 0 Å². The first kappa shape index (κ1) is 22.5. The molecule has 3 saturated carbocycles. The van der Waals surface area contributed by atoms with E-state index >= 15 is 0 Å². The van der Waals surface area contributed by atoms with Gasteiger partial charge in [-0.25, -0.2) is 0 Å². The van der Waals surface area contributed by atoms with Gasteiger partial charge < -0.3 is 9.47 Å². The van der Waals surface area contributed by atoms with Crippen molar-refractivity contribution in [3.05, 3.63) is 42.0 Å². The second-order valence-electron chi connectivity index (χ2n) is 12.8. The van der Waals surface area contributed by atoms with E-state index in [0.717, 1.165) is 12.0 Å². The first-order valence-electron chi connectivity index (χ1n) is 13.1. The molecular weight excluding hydrogens is 464 g/mol. The van der Waals surface area contributed by atoms with Gasteiger partial charge in [-0.15, -0.1) is 0 Å². The minimum atomic E-state index is -4.02. The average Bonchev–Trinajstić information content (AvgIpc) is 3.58. The van der Waals surface area contributed by atoms with E-state index < -0.39 is 27.7 Å². The van der Waals surface area contributed by atoms with Gasteiger partial charge in [-0.05, 0) is 100 Å². The molecule has 7 heteroatoms. The van der Waals surface area contributed by atoms with Crippen LogP contribution in [0, 0.1) is 60.2 Å². The molecule has 5 fully saturated rings. The molecule has 0 N–H and O–H groups in total. The van der Waals surface area contributed by atoms with Gasteiger partial charge in [0.2, 0.25) is 0 Å². The van der Waals surface area contributed by atoms with Gasteiger partial charge in [-0.1, -0.05) is 29.8 Å². The lowest BCUT2D eigenvalue weighted by Gasteiger charge is -2.45. The molecule has 2 heterocycles. The van der Waals surface area contributed by atoms with Gasteiger partial charge in [-0.2, -0.15) is 8.42 Å². The van der Waals surface area contributed by atoms with E-state index in [1.54, 1.807) is 24.3 Å². The minimum absolute atomic E-state index is 0.0122. The van der Waals surface area contributed by atoms with Crippen molar-refractivity contribution < 1.29 is 26.9 Å². The molecule has 35 heavy (non-hydrogen) atoms. The molecule has 12 atom stereocenters. The second-order valence-corrected chi connectivity index (χ2v) is 14.3. The van der Waals surface area contributed by atoms with Crippen LogP contribution in [0.2, 0.25) is 0 Å². The van der Waals surface area contributed by atoms with E-state index in [9.17, 15) is 13.2 Å². The number of fused-ring (bicyclic) bond motifs is 16. The monoisotopic (exact) mass is 498 g/mol. The van der Waals surface area contributed by atoms with Crippen LogP contribution in [0.3, 0.4) is 0 Å². The highest BCUT2D eigenvalue weighted by Gasteiger charge is 2.75. The van der Waals surface area contributed by atoms with Crippen molar-refractivity contribution in [1.82, 2.24) is 0 Å². The Bertz CT molecular complexity index is 1200. The van der Waals surface area contributed by atoms with Gasteiger partial charge in [0.1, 0.15) is 5.60 Å². The van der Waals surface area contributed by atoms with E-state index in [1.165, 1.54) is 6.42 Å². The lowest BCUT2D eigenvalue weighted by Crippen LogP contribution is -2.52. The molecule has 0 spiro atoms. The van der Waals surface area contributed by atoms with Crippen LogP contribution in [0.15, 0.2) is 41.3 Å². The number of benzene rings is 1. The van der Waals surface area contributed by atoms with Crippen LogP contribution in [-0.2, 0) is 28.6 Å². The molecule has 2 aliphatic heterocycles. The normalized spacial score (nSPS) is 46.3. The average molecular weight is 499 g/mol. The first-order valence-corrected chi connectivity index (χ1v) is 14.5. The van der Waals surface area contributed by atoms with Crippen LogP contribution in [0.4, 0.5) is 0 Å². The van der Waals surface area contributed by atoms with Gasteiger partial charge in [0.05, 0.1) is 29.1 Å². The van der Waals surface area contributed by atoms with E-state index in [0.29, 0.717) is 29.6 Å². The maximum Gasteiger partial charge on any atom is 0.312 e. The number of carbonyl (C=O) groups excluding carboxylic acids is 1. The van der Waals surface area contributed by atoms with Gasteiger partial charge in [-0.3, -0.25) is 8.98 Å². The molecule has 12 unspecified atom stereocenters. The second kappa shape index (κ2) is 7.20. The molecule has 6 nitrogen and oxygen atoms in total. The largest absolute Gasteiger partial charge is 0.460 e. The predicted octanol–water partition coefficient (Wildman–Crippen LogP) is 4.13. The molecule has 6 aliphatic rings. The Morgan fingerprint density at radius 1 is 0.914 bits per heavy atom. The Morgan fingerprint density at radius 3 is 2.11 bits per heavy atom. The van der Waals surface area contributed by atoms with Gasteiger partial charge in [0.25, 0.3) is 10.1 Å². The number of rotatable bonds is 4. The number of hydrogen-bond donors (Lipinski definition) is 0. The number of ether oxygens (including phenoxy) is 2. The number of allylic oxidation sites excluding steroid dienone is 2. The lowest BCUT2D eigenvalue weighted by atomic mass is 9.59. The highest BCUT2D eigenvalue weighted by molar-refractivity contribution is 7.86. The van der Waals surface area contributed by atoms with Crippen molar-refractivity contribution in [2.24, 2.45) is 53.3 Å². The van der Waals surface area contributed by atoms with Crippen molar-refractivity contribution in [1.29, 1.82) is 0 Å². The Labute approximate surface area is 207 Å². The Balaban J connectivity index is 1.24.